The van der Waals surface area contributed by atoms with E-state index < -0.39 is 0 Å². The molecule has 25 heavy (non-hydrogen) atoms. The van der Waals surface area contributed by atoms with Crippen LogP contribution in [0.25, 0.3) is 10.8 Å². The molecule has 1 heterocycles. The molecule has 0 bridgehead atoms. The second kappa shape index (κ2) is 6.57. The smallest absolute Gasteiger partial charge is 0.271 e. The Bertz CT molecular complexity index is 996. The number of nitrogens with zero attached hydrogens (tertiary/aromatic N) is 1. The lowest BCUT2D eigenvalue weighted by Gasteiger charge is -2.05. The van der Waals surface area contributed by atoms with E-state index in [1.807, 2.05) is 42.5 Å². The molecular weight excluding hydrogens is 384 g/mol. The van der Waals surface area contributed by atoms with Gasteiger partial charge < -0.3 is 9.47 Å². The van der Waals surface area contributed by atoms with E-state index in [1.54, 1.807) is 18.3 Å². The third-order valence-corrected chi connectivity index (χ3v) is 4.58. The summed E-state index contributed by atoms with van der Waals surface area (Å²) in [5.41, 5.74) is 3.94. The number of carbonyl (C=O) groups excluding carboxylic acids is 1. The van der Waals surface area contributed by atoms with Crippen LogP contribution in [0.1, 0.15) is 15.9 Å². The number of fused-ring (bicyclic) bond motifs is 2. The van der Waals surface area contributed by atoms with Gasteiger partial charge in [0.25, 0.3) is 5.91 Å². The van der Waals surface area contributed by atoms with Crippen molar-refractivity contribution in [1.82, 2.24) is 5.43 Å². The van der Waals surface area contributed by atoms with E-state index in [-0.39, 0.29) is 12.7 Å². The van der Waals surface area contributed by atoms with Crippen LogP contribution in [0.2, 0.25) is 0 Å². The Morgan fingerprint density at radius 1 is 1.08 bits per heavy atom. The van der Waals surface area contributed by atoms with Gasteiger partial charge in [-0.1, -0.05) is 36.4 Å². The third-order valence-electron chi connectivity index (χ3n) is 3.90. The number of hydrogen-bond donors (Lipinski definition) is 1. The maximum atomic E-state index is 12.4. The fourth-order valence-electron chi connectivity index (χ4n) is 2.68. The van der Waals surface area contributed by atoms with E-state index in [2.05, 4.69) is 26.5 Å². The largest absolute Gasteiger partial charge is 0.454 e. The Morgan fingerprint density at radius 3 is 2.72 bits per heavy atom. The minimum Gasteiger partial charge on any atom is -0.454 e. The van der Waals surface area contributed by atoms with Gasteiger partial charge in [-0.05, 0) is 44.9 Å². The number of hydrogen-bond acceptors (Lipinski definition) is 4. The Labute approximate surface area is 152 Å². The van der Waals surface area contributed by atoms with Gasteiger partial charge in [0, 0.05) is 15.6 Å². The van der Waals surface area contributed by atoms with Crippen molar-refractivity contribution in [2.45, 2.75) is 0 Å². The lowest BCUT2D eigenvalue weighted by molar-refractivity contribution is 0.0957. The standard InChI is InChI=1S/C19H13BrN2O3/c20-16-9-18-17(24-11-25-18)8-13(16)10-21-22-19(23)15-7-3-5-12-4-1-2-6-14(12)15/h1-10H,11H2,(H,22,23)/b21-10-. The molecule has 3 aromatic rings. The zero-order chi connectivity index (χ0) is 17.2. The highest BCUT2D eigenvalue weighted by molar-refractivity contribution is 9.10. The van der Waals surface area contributed by atoms with Gasteiger partial charge in [-0.2, -0.15) is 5.10 Å². The van der Waals surface area contributed by atoms with E-state index in [9.17, 15) is 4.79 Å². The lowest BCUT2D eigenvalue weighted by Crippen LogP contribution is -2.17. The number of benzene rings is 3. The number of hydrazone groups is 1. The Balaban J connectivity index is 1.55. The number of nitrogens with one attached hydrogen (secondary N) is 1. The summed E-state index contributed by atoms with van der Waals surface area (Å²) in [5.74, 6) is 1.08. The summed E-state index contributed by atoms with van der Waals surface area (Å²) in [6.45, 7) is 0.209. The molecule has 0 spiro atoms. The second-order valence-electron chi connectivity index (χ2n) is 5.45. The summed E-state index contributed by atoms with van der Waals surface area (Å²) < 4.78 is 11.5. The monoisotopic (exact) mass is 396 g/mol. The van der Waals surface area contributed by atoms with Crippen LogP contribution in [0, 0.1) is 0 Å². The predicted molar refractivity (Wildman–Crippen MR) is 99.3 cm³/mol. The molecule has 4 rings (SSSR count). The van der Waals surface area contributed by atoms with Crippen molar-refractivity contribution in [2.75, 3.05) is 6.79 Å². The summed E-state index contributed by atoms with van der Waals surface area (Å²) in [7, 11) is 0. The molecule has 3 aromatic carbocycles. The topological polar surface area (TPSA) is 59.9 Å². The quantitative estimate of drug-likeness (QED) is 0.535. The van der Waals surface area contributed by atoms with Crippen LogP contribution in [-0.4, -0.2) is 18.9 Å². The molecule has 1 aliphatic heterocycles. The minimum atomic E-state index is -0.259. The van der Waals surface area contributed by atoms with Crippen LogP contribution in [-0.2, 0) is 0 Å². The Hall–Kier alpha value is -2.86. The van der Waals surface area contributed by atoms with E-state index in [1.165, 1.54) is 0 Å². The zero-order valence-corrected chi connectivity index (χ0v) is 14.6. The van der Waals surface area contributed by atoms with E-state index >= 15 is 0 Å². The molecule has 0 aromatic heterocycles. The molecule has 0 fully saturated rings. The minimum absolute atomic E-state index is 0.209. The van der Waals surface area contributed by atoms with Crippen LogP contribution in [0.5, 0.6) is 11.5 Å². The fraction of sp³-hybridized carbons (Fsp3) is 0.0526. The molecule has 1 N–H and O–H groups in total. The highest BCUT2D eigenvalue weighted by atomic mass is 79.9. The predicted octanol–water partition coefficient (Wildman–Crippen LogP) is 4.09. The molecule has 1 amide bonds. The van der Waals surface area contributed by atoms with Gasteiger partial charge in [0.05, 0.1) is 6.21 Å². The van der Waals surface area contributed by atoms with Gasteiger partial charge in [0.1, 0.15) is 0 Å². The van der Waals surface area contributed by atoms with E-state index in [0.717, 1.165) is 20.8 Å². The normalized spacial score (nSPS) is 12.7. The number of halogens is 1. The summed E-state index contributed by atoms with van der Waals surface area (Å²) >= 11 is 3.46. The summed E-state index contributed by atoms with van der Waals surface area (Å²) in [6.07, 6.45) is 1.56. The van der Waals surface area contributed by atoms with Crippen LogP contribution in [0.4, 0.5) is 0 Å². The molecule has 0 saturated heterocycles. The van der Waals surface area contributed by atoms with E-state index in [4.69, 9.17) is 9.47 Å². The fourth-order valence-corrected chi connectivity index (χ4v) is 3.10. The molecule has 1 aliphatic rings. The van der Waals surface area contributed by atoms with Crippen LogP contribution in [0.3, 0.4) is 0 Å². The number of ether oxygens (including phenoxy) is 2. The molecule has 5 nitrogen and oxygen atoms in total. The average Bonchev–Trinajstić information content (AvgIpc) is 3.08. The molecule has 0 unspecified atom stereocenters. The van der Waals surface area contributed by atoms with Crippen molar-refractivity contribution < 1.29 is 14.3 Å². The molecule has 6 heteroatoms. The van der Waals surface area contributed by atoms with Gasteiger partial charge in [-0.3, -0.25) is 4.79 Å². The first-order valence-electron chi connectivity index (χ1n) is 7.63. The summed E-state index contributed by atoms with van der Waals surface area (Å²) in [6, 6.07) is 17.0. The highest BCUT2D eigenvalue weighted by Crippen LogP contribution is 2.36. The maximum Gasteiger partial charge on any atom is 0.271 e. The van der Waals surface area contributed by atoms with E-state index in [0.29, 0.717) is 17.1 Å². The van der Waals surface area contributed by atoms with Gasteiger partial charge in [-0.25, -0.2) is 5.43 Å². The SMILES string of the molecule is O=C(N/N=C\c1cc2c(cc1Br)OCO2)c1cccc2ccccc12. The molecule has 0 saturated carbocycles. The maximum absolute atomic E-state index is 12.4. The first kappa shape index (κ1) is 15.7. The van der Waals surface area contributed by atoms with Gasteiger partial charge in [0.15, 0.2) is 11.5 Å². The van der Waals surface area contributed by atoms with Crippen molar-refractivity contribution in [3.8, 4) is 11.5 Å². The number of amides is 1. The van der Waals surface area contributed by atoms with Crippen molar-refractivity contribution in [2.24, 2.45) is 5.10 Å². The van der Waals surface area contributed by atoms with Crippen LogP contribution in [0.15, 0.2) is 64.2 Å². The molecule has 0 radical (unpaired) electrons. The molecule has 0 atom stereocenters. The molecule has 124 valence electrons. The Kier molecular flexibility index (Phi) is 4.11. The van der Waals surface area contributed by atoms with Gasteiger partial charge in [0.2, 0.25) is 6.79 Å². The molecular formula is C19H13BrN2O3. The zero-order valence-electron chi connectivity index (χ0n) is 13.0. The van der Waals surface area contributed by atoms with Crippen molar-refractivity contribution in [1.29, 1.82) is 0 Å². The summed E-state index contributed by atoms with van der Waals surface area (Å²) in [4.78, 5) is 12.4. The third kappa shape index (κ3) is 3.08. The second-order valence-corrected chi connectivity index (χ2v) is 6.31. The van der Waals surface area contributed by atoms with Crippen LogP contribution >= 0.6 is 15.9 Å². The van der Waals surface area contributed by atoms with Crippen molar-refractivity contribution in [3.63, 3.8) is 0 Å². The first-order valence-corrected chi connectivity index (χ1v) is 8.42. The molecule has 0 aliphatic carbocycles. The number of carbonyl (C=O) groups is 1. The average molecular weight is 397 g/mol. The first-order chi connectivity index (χ1) is 12.2. The summed E-state index contributed by atoms with van der Waals surface area (Å²) in [5, 5.41) is 5.96. The lowest BCUT2D eigenvalue weighted by atomic mass is 10.0. The highest BCUT2D eigenvalue weighted by Gasteiger charge is 2.15. The number of rotatable bonds is 3. The van der Waals surface area contributed by atoms with Crippen molar-refractivity contribution in [3.05, 3.63) is 70.2 Å². The van der Waals surface area contributed by atoms with Crippen LogP contribution < -0.4 is 14.9 Å². The Morgan fingerprint density at radius 2 is 1.84 bits per heavy atom. The van der Waals surface area contributed by atoms with Gasteiger partial charge in [-0.15, -0.1) is 0 Å². The van der Waals surface area contributed by atoms with Gasteiger partial charge >= 0.3 is 0 Å². The van der Waals surface area contributed by atoms with Crippen molar-refractivity contribution >= 4 is 38.8 Å².